The van der Waals surface area contributed by atoms with Gasteiger partial charge in [0.1, 0.15) is 11.3 Å². The maximum atomic E-state index is 14.2. The molecule has 1 aliphatic rings. The van der Waals surface area contributed by atoms with E-state index in [2.05, 4.69) is 9.88 Å². The molecule has 1 aliphatic heterocycles. The summed E-state index contributed by atoms with van der Waals surface area (Å²) >= 11 is 0. The summed E-state index contributed by atoms with van der Waals surface area (Å²) in [5, 5.41) is 0. The molecule has 0 unspecified atom stereocenters. The van der Waals surface area contributed by atoms with Crippen LogP contribution in [0, 0.1) is 5.82 Å². The highest BCUT2D eigenvalue weighted by molar-refractivity contribution is 5.79. The summed E-state index contributed by atoms with van der Waals surface area (Å²) in [6, 6.07) is 3.75. The van der Waals surface area contributed by atoms with Gasteiger partial charge in [-0.15, -0.1) is 0 Å². The van der Waals surface area contributed by atoms with Gasteiger partial charge in [0.15, 0.2) is 5.58 Å². The number of rotatable bonds is 2. The van der Waals surface area contributed by atoms with Gasteiger partial charge in [0.05, 0.1) is 5.69 Å². The smallest absolute Gasteiger partial charge is 0.297 e. The lowest BCUT2D eigenvalue weighted by molar-refractivity contribution is 0.555. The van der Waals surface area contributed by atoms with E-state index >= 15 is 0 Å². The Kier molecular flexibility index (Phi) is 3.05. The van der Waals surface area contributed by atoms with E-state index in [-0.39, 0.29) is 5.82 Å². The first-order chi connectivity index (χ1) is 9.15. The Morgan fingerprint density at radius 1 is 1.21 bits per heavy atom. The Hall–Kier alpha value is -1.78. The third kappa shape index (κ3) is 2.25. The first kappa shape index (κ1) is 12.3. The highest BCUT2D eigenvalue weighted by Gasteiger charge is 2.18. The van der Waals surface area contributed by atoms with Crippen molar-refractivity contribution in [1.29, 1.82) is 0 Å². The molecule has 0 atom stereocenters. The van der Waals surface area contributed by atoms with Crippen molar-refractivity contribution in [3.8, 4) is 0 Å². The summed E-state index contributed by atoms with van der Waals surface area (Å²) in [7, 11) is 3.71. The lowest BCUT2D eigenvalue weighted by Gasteiger charge is -2.28. The SMILES string of the molecule is CN(C)c1nc2cc(F)c(N3CCCCC3)cc2o1. The lowest BCUT2D eigenvalue weighted by Crippen LogP contribution is -2.30. The third-order valence-corrected chi connectivity index (χ3v) is 3.53. The summed E-state index contributed by atoms with van der Waals surface area (Å²) in [5.74, 6) is -0.215. The van der Waals surface area contributed by atoms with Crippen molar-refractivity contribution in [1.82, 2.24) is 4.98 Å². The van der Waals surface area contributed by atoms with E-state index in [1.165, 1.54) is 12.5 Å². The van der Waals surface area contributed by atoms with Crippen molar-refractivity contribution in [2.75, 3.05) is 37.0 Å². The van der Waals surface area contributed by atoms with Crippen LogP contribution < -0.4 is 9.80 Å². The number of nitrogens with zero attached hydrogens (tertiary/aromatic N) is 3. The van der Waals surface area contributed by atoms with Crippen LogP contribution in [0.4, 0.5) is 16.1 Å². The topological polar surface area (TPSA) is 32.5 Å². The van der Waals surface area contributed by atoms with E-state index in [1.807, 2.05) is 14.1 Å². The van der Waals surface area contributed by atoms with Crippen molar-refractivity contribution >= 4 is 22.8 Å². The summed E-state index contributed by atoms with van der Waals surface area (Å²) in [5.41, 5.74) is 1.85. The quantitative estimate of drug-likeness (QED) is 0.833. The van der Waals surface area contributed by atoms with Crippen LogP contribution in [0.3, 0.4) is 0 Å². The van der Waals surface area contributed by atoms with E-state index < -0.39 is 0 Å². The number of aromatic nitrogens is 1. The molecule has 1 saturated heterocycles. The molecule has 1 aromatic carbocycles. The van der Waals surface area contributed by atoms with Crippen molar-refractivity contribution in [2.24, 2.45) is 0 Å². The summed E-state index contributed by atoms with van der Waals surface area (Å²) in [6.07, 6.45) is 3.47. The fourth-order valence-electron chi connectivity index (χ4n) is 2.49. The number of benzene rings is 1. The van der Waals surface area contributed by atoms with Gasteiger partial charge in [-0.3, -0.25) is 0 Å². The second-order valence-electron chi connectivity index (χ2n) is 5.21. The van der Waals surface area contributed by atoms with E-state index in [4.69, 9.17) is 4.42 Å². The van der Waals surface area contributed by atoms with Gasteiger partial charge in [-0.2, -0.15) is 4.98 Å². The molecule has 1 aromatic heterocycles. The Bertz CT molecular complexity index is 588. The minimum atomic E-state index is -0.215. The summed E-state index contributed by atoms with van der Waals surface area (Å²) in [4.78, 5) is 8.13. The first-order valence-corrected chi connectivity index (χ1v) is 6.67. The number of halogens is 1. The monoisotopic (exact) mass is 263 g/mol. The molecular formula is C14H18FN3O. The average molecular weight is 263 g/mol. The number of anilines is 2. The third-order valence-electron chi connectivity index (χ3n) is 3.53. The van der Waals surface area contributed by atoms with Crippen LogP contribution in [0.25, 0.3) is 11.1 Å². The molecule has 0 spiro atoms. The minimum absolute atomic E-state index is 0.215. The van der Waals surface area contributed by atoms with Gasteiger partial charge in [-0.05, 0) is 19.3 Å². The van der Waals surface area contributed by atoms with Crippen LogP contribution in [0.15, 0.2) is 16.5 Å². The molecule has 2 heterocycles. The van der Waals surface area contributed by atoms with Crippen LogP contribution in [0.5, 0.6) is 0 Å². The van der Waals surface area contributed by atoms with Crippen LogP contribution in [-0.2, 0) is 0 Å². The van der Waals surface area contributed by atoms with Crippen LogP contribution >= 0.6 is 0 Å². The van der Waals surface area contributed by atoms with Gasteiger partial charge in [-0.1, -0.05) is 0 Å². The Morgan fingerprint density at radius 3 is 2.63 bits per heavy atom. The second-order valence-corrected chi connectivity index (χ2v) is 5.21. The molecule has 0 amide bonds. The molecule has 5 heteroatoms. The number of hydrogen-bond acceptors (Lipinski definition) is 4. The minimum Gasteiger partial charge on any atom is -0.423 e. The molecule has 102 valence electrons. The fraction of sp³-hybridized carbons (Fsp3) is 0.500. The van der Waals surface area contributed by atoms with Crippen LogP contribution in [0.1, 0.15) is 19.3 Å². The maximum absolute atomic E-state index is 14.2. The number of hydrogen-bond donors (Lipinski definition) is 0. The Morgan fingerprint density at radius 2 is 1.95 bits per heavy atom. The van der Waals surface area contributed by atoms with Gasteiger partial charge in [0, 0.05) is 39.3 Å². The zero-order valence-corrected chi connectivity index (χ0v) is 11.3. The van der Waals surface area contributed by atoms with E-state index in [9.17, 15) is 4.39 Å². The van der Waals surface area contributed by atoms with Crippen molar-refractivity contribution < 1.29 is 8.81 Å². The summed E-state index contributed by atoms with van der Waals surface area (Å²) in [6.45, 7) is 1.83. The molecule has 0 saturated carbocycles. The van der Waals surface area contributed by atoms with Gasteiger partial charge in [0.25, 0.3) is 6.01 Å². The highest BCUT2D eigenvalue weighted by Crippen LogP contribution is 2.30. The standard InChI is InChI=1S/C14H18FN3O/c1-17(2)14-16-11-8-10(15)12(9-13(11)19-14)18-6-4-3-5-7-18/h8-9H,3-7H2,1-2H3. The predicted octanol–water partition coefficient (Wildman–Crippen LogP) is 3.02. The molecule has 0 bridgehead atoms. The molecule has 3 rings (SSSR count). The zero-order valence-electron chi connectivity index (χ0n) is 11.3. The van der Waals surface area contributed by atoms with E-state index in [0.717, 1.165) is 25.9 Å². The van der Waals surface area contributed by atoms with Crippen LogP contribution in [0.2, 0.25) is 0 Å². The maximum Gasteiger partial charge on any atom is 0.297 e. The van der Waals surface area contributed by atoms with E-state index in [1.54, 1.807) is 11.0 Å². The number of piperidine rings is 1. The largest absolute Gasteiger partial charge is 0.423 e. The first-order valence-electron chi connectivity index (χ1n) is 6.67. The van der Waals surface area contributed by atoms with Gasteiger partial charge >= 0.3 is 0 Å². The molecule has 1 fully saturated rings. The van der Waals surface area contributed by atoms with Gasteiger partial charge < -0.3 is 14.2 Å². The predicted molar refractivity (Wildman–Crippen MR) is 74.4 cm³/mol. The molecule has 4 nitrogen and oxygen atoms in total. The molecule has 2 aromatic rings. The lowest BCUT2D eigenvalue weighted by atomic mass is 10.1. The Labute approximate surface area is 111 Å². The van der Waals surface area contributed by atoms with Crippen molar-refractivity contribution in [3.05, 3.63) is 17.9 Å². The molecule has 0 N–H and O–H groups in total. The Balaban J connectivity index is 2.02. The van der Waals surface area contributed by atoms with Gasteiger partial charge in [0.2, 0.25) is 0 Å². The average Bonchev–Trinajstić information content (AvgIpc) is 2.82. The normalized spacial score (nSPS) is 16.1. The zero-order chi connectivity index (χ0) is 13.4. The molecule has 19 heavy (non-hydrogen) atoms. The van der Waals surface area contributed by atoms with E-state index in [0.29, 0.717) is 22.8 Å². The number of fused-ring (bicyclic) bond motifs is 1. The fourth-order valence-corrected chi connectivity index (χ4v) is 2.49. The van der Waals surface area contributed by atoms with Crippen LogP contribution in [-0.4, -0.2) is 32.2 Å². The molecule has 0 radical (unpaired) electrons. The van der Waals surface area contributed by atoms with Crippen molar-refractivity contribution in [2.45, 2.75) is 19.3 Å². The highest BCUT2D eigenvalue weighted by atomic mass is 19.1. The number of oxazole rings is 1. The molecular weight excluding hydrogens is 245 g/mol. The van der Waals surface area contributed by atoms with Gasteiger partial charge in [-0.25, -0.2) is 4.39 Å². The summed E-state index contributed by atoms with van der Waals surface area (Å²) < 4.78 is 19.8. The second kappa shape index (κ2) is 4.72. The van der Waals surface area contributed by atoms with Crippen molar-refractivity contribution in [3.63, 3.8) is 0 Å². The molecule has 0 aliphatic carbocycles.